The van der Waals surface area contributed by atoms with E-state index in [4.69, 9.17) is 4.74 Å². The lowest BCUT2D eigenvalue weighted by Gasteiger charge is -2.32. The van der Waals surface area contributed by atoms with Crippen molar-refractivity contribution >= 4 is 11.8 Å². The third kappa shape index (κ3) is 3.88. The molecule has 1 N–H and O–H groups in total. The molecule has 2 aromatic rings. The minimum atomic E-state index is -0.280. The normalized spacial score (nSPS) is 21.2. The number of rotatable bonds is 4. The van der Waals surface area contributed by atoms with Gasteiger partial charge in [0.15, 0.2) is 0 Å². The highest BCUT2D eigenvalue weighted by Crippen LogP contribution is 2.24. The van der Waals surface area contributed by atoms with Crippen LogP contribution in [0, 0.1) is 5.82 Å². The standard InChI is InChI=1S/C19H23FN4O2/c20-14-2-1-3-17(12-14)26-16-6-10-23(11-7-16)19-21-8-4-18(22-19)24-9-5-15(25)13-24/h1-4,8,12,15-16,25H,5-7,9-11,13H2/t15-/m0/s1. The third-order valence-corrected chi connectivity index (χ3v) is 4.94. The van der Waals surface area contributed by atoms with Crippen LogP contribution in [0.3, 0.4) is 0 Å². The van der Waals surface area contributed by atoms with Gasteiger partial charge in [0.1, 0.15) is 23.5 Å². The zero-order valence-corrected chi connectivity index (χ0v) is 14.6. The fraction of sp³-hybridized carbons (Fsp3) is 0.474. The van der Waals surface area contributed by atoms with Crippen LogP contribution >= 0.6 is 0 Å². The van der Waals surface area contributed by atoms with Crippen molar-refractivity contribution in [3.05, 3.63) is 42.3 Å². The molecule has 0 saturated carbocycles. The van der Waals surface area contributed by atoms with Crippen molar-refractivity contribution in [3.8, 4) is 5.75 Å². The van der Waals surface area contributed by atoms with E-state index in [1.54, 1.807) is 18.3 Å². The van der Waals surface area contributed by atoms with Crippen molar-refractivity contribution in [1.82, 2.24) is 9.97 Å². The number of aliphatic hydroxyl groups is 1. The van der Waals surface area contributed by atoms with Crippen LogP contribution in [0.25, 0.3) is 0 Å². The Balaban J connectivity index is 1.36. The largest absolute Gasteiger partial charge is 0.490 e. The molecule has 0 radical (unpaired) electrons. The first-order valence-corrected chi connectivity index (χ1v) is 9.10. The summed E-state index contributed by atoms with van der Waals surface area (Å²) in [7, 11) is 0. The number of piperidine rings is 1. The lowest BCUT2D eigenvalue weighted by atomic mass is 10.1. The van der Waals surface area contributed by atoms with Gasteiger partial charge in [-0.3, -0.25) is 0 Å². The topological polar surface area (TPSA) is 61.7 Å². The summed E-state index contributed by atoms with van der Waals surface area (Å²) >= 11 is 0. The first-order valence-electron chi connectivity index (χ1n) is 9.10. The van der Waals surface area contributed by atoms with Gasteiger partial charge in [-0.05, 0) is 24.6 Å². The van der Waals surface area contributed by atoms with E-state index in [1.807, 2.05) is 6.07 Å². The quantitative estimate of drug-likeness (QED) is 0.904. The molecule has 1 atom stereocenters. The Bertz CT molecular complexity index is 752. The highest BCUT2D eigenvalue weighted by molar-refractivity contribution is 5.45. The van der Waals surface area contributed by atoms with E-state index in [9.17, 15) is 9.50 Å². The molecule has 0 aliphatic carbocycles. The highest BCUT2D eigenvalue weighted by atomic mass is 19.1. The molecule has 0 amide bonds. The molecule has 0 bridgehead atoms. The van der Waals surface area contributed by atoms with E-state index in [1.165, 1.54) is 12.1 Å². The van der Waals surface area contributed by atoms with Gasteiger partial charge in [-0.1, -0.05) is 6.07 Å². The summed E-state index contributed by atoms with van der Waals surface area (Å²) in [5, 5.41) is 9.71. The van der Waals surface area contributed by atoms with Gasteiger partial charge >= 0.3 is 0 Å². The maximum Gasteiger partial charge on any atom is 0.227 e. The van der Waals surface area contributed by atoms with Crippen molar-refractivity contribution < 1.29 is 14.2 Å². The van der Waals surface area contributed by atoms with Crippen LogP contribution in [0.2, 0.25) is 0 Å². The number of aromatic nitrogens is 2. The number of anilines is 2. The number of hydrogen-bond acceptors (Lipinski definition) is 6. The molecule has 2 aliphatic heterocycles. The first-order chi connectivity index (χ1) is 12.7. The van der Waals surface area contributed by atoms with E-state index >= 15 is 0 Å². The van der Waals surface area contributed by atoms with Gasteiger partial charge in [-0.15, -0.1) is 0 Å². The first kappa shape index (κ1) is 17.0. The van der Waals surface area contributed by atoms with Gasteiger partial charge in [0.2, 0.25) is 5.95 Å². The molecule has 3 heterocycles. The van der Waals surface area contributed by atoms with Crippen LogP contribution in [0.5, 0.6) is 5.75 Å². The molecule has 2 aliphatic rings. The molecule has 6 nitrogen and oxygen atoms in total. The summed E-state index contributed by atoms with van der Waals surface area (Å²) in [5.74, 6) is 1.88. The van der Waals surface area contributed by atoms with Crippen molar-refractivity contribution in [1.29, 1.82) is 0 Å². The van der Waals surface area contributed by atoms with Crippen LogP contribution in [0.1, 0.15) is 19.3 Å². The summed E-state index contributed by atoms with van der Waals surface area (Å²) in [6, 6.07) is 8.17. The number of β-amino-alcohol motifs (C(OH)–C–C–N with tert-alkyl or cyclic N) is 1. The molecule has 7 heteroatoms. The minimum absolute atomic E-state index is 0.0740. The maximum atomic E-state index is 13.3. The molecule has 2 fully saturated rings. The van der Waals surface area contributed by atoms with Crippen LogP contribution < -0.4 is 14.5 Å². The van der Waals surface area contributed by atoms with Crippen molar-refractivity contribution in [2.45, 2.75) is 31.5 Å². The van der Waals surface area contributed by atoms with Crippen LogP contribution in [-0.4, -0.2) is 53.5 Å². The number of aliphatic hydroxyl groups excluding tert-OH is 1. The van der Waals surface area contributed by atoms with Gasteiger partial charge in [0.05, 0.1) is 6.10 Å². The van der Waals surface area contributed by atoms with E-state index in [0.717, 1.165) is 44.7 Å². The fourth-order valence-corrected chi connectivity index (χ4v) is 3.52. The molecule has 2 saturated heterocycles. The summed E-state index contributed by atoms with van der Waals surface area (Å²) in [6.45, 7) is 3.04. The Kier molecular flexibility index (Phi) is 4.88. The van der Waals surface area contributed by atoms with Crippen LogP contribution in [0.15, 0.2) is 36.5 Å². The van der Waals surface area contributed by atoms with E-state index < -0.39 is 0 Å². The third-order valence-electron chi connectivity index (χ3n) is 4.94. The lowest BCUT2D eigenvalue weighted by molar-refractivity contribution is 0.170. The number of halogens is 1. The van der Waals surface area contributed by atoms with Crippen LogP contribution in [-0.2, 0) is 0 Å². The Morgan fingerprint density at radius 3 is 2.62 bits per heavy atom. The van der Waals surface area contributed by atoms with Gasteiger partial charge in [-0.25, -0.2) is 9.37 Å². The summed E-state index contributed by atoms with van der Waals surface area (Å²) in [6.07, 6.45) is 4.04. The molecular formula is C19H23FN4O2. The number of ether oxygens (including phenoxy) is 1. The Morgan fingerprint density at radius 1 is 1.08 bits per heavy atom. The van der Waals surface area contributed by atoms with Crippen molar-refractivity contribution in [3.63, 3.8) is 0 Å². The van der Waals surface area contributed by atoms with E-state index in [0.29, 0.717) is 18.2 Å². The SMILES string of the molecule is O[C@H]1CCN(c2ccnc(N3CCC(Oc4cccc(F)c4)CC3)n2)C1. The lowest BCUT2D eigenvalue weighted by Crippen LogP contribution is -2.39. The summed E-state index contributed by atoms with van der Waals surface area (Å²) in [4.78, 5) is 13.3. The smallest absolute Gasteiger partial charge is 0.227 e. The number of hydrogen-bond donors (Lipinski definition) is 1. The molecule has 138 valence electrons. The fourth-order valence-electron chi connectivity index (χ4n) is 3.52. The average Bonchev–Trinajstić information content (AvgIpc) is 3.09. The van der Waals surface area contributed by atoms with Gasteiger partial charge in [0, 0.05) is 51.3 Å². The molecule has 0 unspecified atom stereocenters. The van der Waals surface area contributed by atoms with E-state index in [2.05, 4.69) is 19.8 Å². The molecule has 1 aromatic carbocycles. The van der Waals surface area contributed by atoms with Crippen molar-refractivity contribution in [2.24, 2.45) is 0 Å². The number of nitrogens with zero attached hydrogens (tertiary/aromatic N) is 4. The zero-order valence-electron chi connectivity index (χ0n) is 14.6. The molecule has 1 aromatic heterocycles. The summed E-state index contributed by atoms with van der Waals surface area (Å²) in [5.41, 5.74) is 0. The summed E-state index contributed by atoms with van der Waals surface area (Å²) < 4.78 is 19.2. The number of benzene rings is 1. The Hall–Kier alpha value is -2.41. The Morgan fingerprint density at radius 2 is 1.88 bits per heavy atom. The average molecular weight is 358 g/mol. The maximum absolute atomic E-state index is 13.3. The second kappa shape index (κ2) is 7.45. The molecular weight excluding hydrogens is 335 g/mol. The molecule has 4 rings (SSSR count). The zero-order chi connectivity index (χ0) is 17.9. The second-order valence-corrected chi connectivity index (χ2v) is 6.86. The Labute approximate surface area is 152 Å². The predicted molar refractivity (Wildman–Crippen MR) is 97.1 cm³/mol. The van der Waals surface area contributed by atoms with Gasteiger partial charge < -0.3 is 19.6 Å². The molecule has 26 heavy (non-hydrogen) atoms. The van der Waals surface area contributed by atoms with Crippen LogP contribution in [0.4, 0.5) is 16.2 Å². The monoisotopic (exact) mass is 358 g/mol. The predicted octanol–water partition coefficient (Wildman–Crippen LogP) is 2.23. The van der Waals surface area contributed by atoms with Gasteiger partial charge in [0.25, 0.3) is 0 Å². The van der Waals surface area contributed by atoms with Crippen molar-refractivity contribution in [2.75, 3.05) is 36.0 Å². The minimum Gasteiger partial charge on any atom is -0.490 e. The highest BCUT2D eigenvalue weighted by Gasteiger charge is 2.25. The van der Waals surface area contributed by atoms with Gasteiger partial charge in [-0.2, -0.15) is 4.98 Å². The second-order valence-electron chi connectivity index (χ2n) is 6.86. The van der Waals surface area contributed by atoms with E-state index in [-0.39, 0.29) is 18.0 Å². The molecule has 0 spiro atoms.